The molecule has 1 aliphatic rings. The summed E-state index contributed by atoms with van der Waals surface area (Å²) in [5.74, 6) is 0.869. The van der Waals surface area contributed by atoms with Gasteiger partial charge in [0.1, 0.15) is 11.9 Å². The predicted molar refractivity (Wildman–Crippen MR) is 140 cm³/mol. The molecule has 2 heterocycles. The van der Waals surface area contributed by atoms with E-state index in [-0.39, 0.29) is 24.0 Å². The van der Waals surface area contributed by atoms with Crippen molar-refractivity contribution in [2.75, 3.05) is 10.6 Å². The Morgan fingerprint density at radius 1 is 1.00 bits per heavy atom. The molecule has 2 aromatic heterocycles. The number of nitrogens with zero attached hydrogens (tertiary/aromatic N) is 3. The first-order chi connectivity index (χ1) is 17.3. The van der Waals surface area contributed by atoms with Gasteiger partial charge in [0.15, 0.2) is 0 Å². The van der Waals surface area contributed by atoms with Gasteiger partial charge in [-0.15, -0.1) is 0 Å². The Bertz CT molecular complexity index is 1210. The van der Waals surface area contributed by atoms with Gasteiger partial charge in [-0.05, 0) is 64.7 Å². The molecule has 1 atom stereocenters. The first kappa shape index (κ1) is 25.3. The van der Waals surface area contributed by atoms with Gasteiger partial charge in [-0.2, -0.15) is 4.98 Å². The zero-order valence-corrected chi connectivity index (χ0v) is 21.2. The van der Waals surface area contributed by atoms with E-state index in [1.807, 2.05) is 26.0 Å². The van der Waals surface area contributed by atoms with Crippen LogP contribution in [0.1, 0.15) is 75.5 Å². The lowest BCUT2D eigenvalue weighted by Crippen LogP contribution is -2.39. The summed E-state index contributed by atoms with van der Waals surface area (Å²) in [6, 6.07) is 11.4. The normalized spacial score (nSPS) is 18.5. The minimum absolute atomic E-state index is 0.0136. The van der Waals surface area contributed by atoms with Crippen molar-refractivity contribution in [3.05, 3.63) is 53.9 Å². The number of carbonyl (C=O) groups is 2. The number of amides is 1. The molecule has 3 N–H and O–H groups in total. The number of hydrogen-bond donors (Lipinski definition) is 3. The largest absolute Gasteiger partial charge is 0.453 e. The highest BCUT2D eigenvalue weighted by molar-refractivity contribution is 5.91. The van der Waals surface area contributed by atoms with Gasteiger partial charge in [-0.3, -0.25) is 9.78 Å². The van der Waals surface area contributed by atoms with Crippen LogP contribution in [-0.4, -0.2) is 45.0 Å². The lowest BCUT2D eigenvalue weighted by atomic mass is 9.91. The van der Waals surface area contributed by atoms with Gasteiger partial charge in [-0.1, -0.05) is 18.2 Å². The minimum atomic E-state index is -0.545. The Balaban J connectivity index is 1.57. The zero-order chi connectivity index (χ0) is 25.7. The fourth-order valence-corrected chi connectivity index (χ4v) is 4.43. The Labute approximate surface area is 211 Å². The average molecular weight is 491 g/mol. The number of hydrogen-bond acceptors (Lipinski definition) is 8. The standard InChI is InChI=1S/C27H34N6O3/c1-16(2)29-27-32-24-15-28-23(17(3)36-26(35)19-8-6-5-7-9-19)14-22(24)25(33-27)31-21-12-10-20(11-13-21)30-18(4)34/h5-9,14-17,20-21H,10-13H2,1-4H3,(H,30,34)(H2,29,31,32,33)/t17-,20?,21?/m1/s1. The van der Waals surface area contributed by atoms with Gasteiger partial charge in [0.05, 0.1) is 23.0 Å². The molecule has 4 rings (SSSR count). The Hall–Kier alpha value is -3.75. The van der Waals surface area contributed by atoms with E-state index < -0.39 is 12.1 Å². The van der Waals surface area contributed by atoms with E-state index in [4.69, 9.17) is 9.72 Å². The molecule has 9 nitrogen and oxygen atoms in total. The third-order valence-corrected chi connectivity index (χ3v) is 6.21. The Morgan fingerprint density at radius 2 is 1.69 bits per heavy atom. The van der Waals surface area contributed by atoms with Crippen LogP contribution in [0.2, 0.25) is 0 Å². The molecule has 1 fully saturated rings. The summed E-state index contributed by atoms with van der Waals surface area (Å²) >= 11 is 0. The Morgan fingerprint density at radius 3 is 2.36 bits per heavy atom. The molecular formula is C27H34N6O3. The summed E-state index contributed by atoms with van der Waals surface area (Å²) in [7, 11) is 0. The number of carbonyl (C=O) groups excluding carboxylic acids is 2. The topological polar surface area (TPSA) is 118 Å². The van der Waals surface area contributed by atoms with Crippen molar-refractivity contribution in [3.8, 4) is 0 Å². The molecule has 36 heavy (non-hydrogen) atoms. The molecular weight excluding hydrogens is 456 g/mol. The maximum atomic E-state index is 12.5. The molecule has 1 saturated carbocycles. The van der Waals surface area contributed by atoms with Crippen LogP contribution in [0.5, 0.6) is 0 Å². The highest BCUT2D eigenvalue weighted by atomic mass is 16.5. The zero-order valence-electron chi connectivity index (χ0n) is 21.2. The Kier molecular flexibility index (Phi) is 7.97. The highest BCUT2D eigenvalue weighted by Gasteiger charge is 2.23. The fourth-order valence-electron chi connectivity index (χ4n) is 4.43. The molecule has 1 aliphatic carbocycles. The second-order valence-electron chi connectivity index (χ2n) is 9.63. The van der Waals surface area contributed by atoms with Crippen LogP contribution in [0.15, 0.2) is 42.6 Å². The highest BCUT2D eigenvalue weighted by Crippen LogP contribution is 2.29. The van der Waals surface area contributed by atoms with Crippen LogP contribution < -0.4 is 16.0 Å². The van der Waals surface area contributed by atoms with Crippen LogP contribution in [0.25, 0.3) is 10.9 Å². The molecule has 0 bridgehead atoms. The predicted octanol–water partition coefficient (Wildman–Crippen LogP) is 4.62. The van der Waals surface area contributed by atoms with Crippen LogP contribution >= 0.6 is 0 Å². The molecule has 0 spiro atoms. The van der Waals surface area contributed by atoms with Crippen molar-refractivity contribution < 1.29 is 14.3 Å². The number of ether oxygens (including phenoxy) is 1. The number of nitrogens with one attached hydrogen (secondary N) is 3. The van der Waals surface area contributed by atoms with E-state index in [2.05, 4.69) is 25.9 Å². The maximum Gasteiger partial charge on any atom is 0.338 e. The van der Waals surface area contributed by atoms with Crippen LogP contribution in [0.3, 0.4) is 0 Å². The number of fused-ring (bicyclic) bond motifs is 1. The summed E-state index contributed by atoms with van der Waals surface area (Å²) in [5.41, 5.74) is 1.82. The molecule has 9 heteroatoms. The smallest absolute Gasteiger partial charge is 0.338 e. The third kappa shape index (κ3) is 6.47. The average Bonchev–Trinajstić information content (AvgIpc) is 2.85. The van der Waals surface area contributed by atoms with E-state index in [1.165, 1.54) is 0 Å². The SMILES string of the molecule is CC(=O)NC1CCC(Nc2nc(NC(C)C)nc3cnc([C@@H](C)OC(=O)c4ccccc4)cc23)CC1. The third-order valence-electron chi connectivity index (χ3n) is 6.21. The summed E-state index contributed by atoms with van der Waals surface area (Å²) < 4.78 is 5.67. The summed E-state index contributed by atoms with van der Waals surface area (Å²) in [6.45, 7) is 7.44. The van der Waals surface area contributed by atoms with E-state index in [9.17, 15) is 9.59 Å². The lowest BCUT2D eigenvalue weighted by molar-refractivity contribution is -0.119. The van der Waals surface area contributed by atoms with Crippen molar-refractivity contribution in [2.24, 2.45) is 0 Å². The molecule has 0 aliphatic heterocycles. The van der Waals surface area contributed by atoms with Gasteiger partial charge < -0.3 is 20.7 Å². The minimum Gasteiger partial charge on any atom is -0.453 e. The van der Waals surface area contributed by atoms with Crippen LogP contribution in [0, 0.1) is 0 Å². The van der Waals surface area contributed by atoms with Gasteiger partial charge in [0, 0.05) is 30.4 Å². The molecule has 1 aromatic carbocycles. The number of esters is 1. The second-order valence-corrected chi connectivity index (χ2v) is 9.63. The van der Waals surface area contributed by atoms with Crippen molar-refractivity contribution in [3.63, 3.8) is 0 Å². The van der Waals surface area contributed by atoms with E-state index in [1.54, 1.807) is 44.3 Å². The lowest BCUT2D eigenvalue weighted by Gasteiger charge is -2.30. The molecule has 1 amide bonds. The monoisotopic (exact) mass is 490 g/mol. The number of aromatic nitrogens is 3. The van der Waals surface area contributed by atoms with E-state index in [0.29, 0.717) is 22.7 Å². The summed E-state index contributed by atoms with van der Waals surface area (Å²) in [6.07, 6.45) is 4.83. The molecule has 0 radical (unpaired) electrons. The molecule has 3 aromatic rings. The van der Waals surface area contributed by atoms with Gasteiger partial charge in [0.2, 0.25) is 11.9 Å². The number of anilines is 2. The van der Waals surface area contributed by atoms with Crippen molar-refractivity contribution in [2.45, 2.75) is 77.6 Å². The molecule has 0 unspecified atom stereocenters. The molecule has 0 saturated heterocycles. The van der Waals surface area contributed by atoms with Crippen LogP contribution in [-0.2, 0) is 9.53 Å². The van der Waals surface area contributed by atoms with Gasteiger partial charge in [-0.25, -0.2) is 9.78 Å². The van der Waals surface area contributed by atoms with Crippen molar-refractivity contribution >= 4 is 34.5 Å². The fraction of sp³-hybridized carbons (Fsp3) is 0.444. The maximum absolute atomic E-state index is 12.5. The quantitative estimate of drug-likeness (QED) is 0.392. The summed E-state index contributed by atoms with van der Waals surface area (Å²) in [4.78, 5) is 37.9. The van der Waals surface area contributed by atoms with E-state index in [0.717, 1.165) is 36.9 Å². The number of rotatable bonds is 8. The number of pyridine rings is 1. The van der Waals surface area contributed by atoms with Gasteiger partial charge >= 0.3 is 5.97 Å². The van der Waals surface area contributed by atoms with E-state index >= 15 is 0 Å². The molecule has 190 valence electrons. The van der Waals surface area contributed by atoms with Crippen molar-refractivity contribution in [1.82, 2.24) is 20.3 Å². The van der Waals surface area contributed by atoms with Gasteiger partial charge in [0.25, 0.3) is 0 Å². The van der Waals surface area contributed by atoms with Crippen molar-refractivity contribution in [1.29, 1.82) is 0 Å². The number of benzene rings is 1. The first-order valence-corrected chi connectivity index (χ1v) is 12.5. The van der Waals surface area contributed by atoms with Crippen LogP contribution in [0.4, 0.5) is 11.8 Å². The second kappa shape index (κ2) is 11.3. The summed E-state index contributed by atoms with van der Waals surface area (Å²) in [5, 5.41) is 10.7. The first-order valence-electron chi connectivity index (χ1n) is 12.5.